The fourth-order valence-electron chi connectivity index (χ4n) is 3.47. The maximum absolute atomic E-state index is 13.4. The Morgan fingerprint density at radius 2 is 1.52 bits per heavy atom. The van der Waals surface area contributed by atoms with Gasteiger partial charge in [-0.2, -0.15) is 0 Å². The van der Waals surface area contributed by atoms with Gasteiger partial charge in [0.25, 0.3) is 11.8 Å². The lowest BCUT2D eigenvalue weighted by Crippen LogP contribution is -2.32. The first kappa shape index (κ1) is 21.2. The van der Waals surface area contributed by atoms with E-state index in [1.807, 2.05) is 44.2 Å². The molecular weight excluding hydrogens is 431 g/mol. The normalized spacial score (nSPS) is 13.9. The van der Waals surface area contributed by atoms with Gasteiger partial charge < -0.3 is 5.32 Å². The van der Waals surface area contributed by atoms with Gasteiger partial charge in [-0.3, -0.25) is 14.5 Å². The Balaban J connectivity index is 1.76. The van der Waals surface area contributed by atoms with Crippen LogP contribution in [0.15, 0.2) is 72.4 Å². The van der Waals surface area contributed by atoms with E-state index >= 15 is 0 Å². The summed E-state index contributed by atoms with van der Waals surface area (Å²) >= 11 is 12.3. The third kappa shape index (κ3) is 4.22. The lowest BCUT2D eigenvalue weighted by molar-refractivity contribution is -0.137. The zero-order valence-corrected chi connectivity index (χ0v) is 18.6. The molecular formula is C25H20Cl2N2O2. The van der Waals surface area contributed by atoms with E-state index < -0.39 is 0 Å². The fraction of sp³-hybridized carbons (Fsp3) is 0.120. The van der Waals surface area contributed by atoms with Crippen LogP contribution in [-0.2, 0) is 16.1 Å². The van der Waals surface area contributed by atoms with Crippen LogP contribution in [0, 0.1) is 13.8 Å². The van der Waals surface area contributed by atoms with Crippen LogP contribution in [0.5, 0.6) is 0 Å². The monoisotopic (exact) mass is 450 g/mol. The van der Waals surface area contributed by atoms with Crippen molar-refractivity contribution in [2.45, 2.75) is 20.4 Å². The Labute approximate surface area is 191 Å². The third-order valence-electron chi connectivity index (χ3n) is 5.29. The highest BCUT2D eigenvalue weighted by Gasteiger charge is 2.39. The number of nitrogens with one attached hydrogen (secondary N) is 1. The molecule has 3 aromatic rings. The SMILES string of the molecule is Cc1ccc(CN2C(=O)C(Nc3cccc(Cl)c3C)=C(c3ccc(Cl)cc3)C2=O)cc1. The number of imide groups is 1. The summed E-state index contributed by atoms with van der Waals surface area (Å²) in [6, 6.07) is 20.1. The van der Waals surface area contributed by atoms with E-state index in [1.165, 1.54) is 4.90 Å². The predicted octanol–water partition coefficient (Wildman–Crippen LogP) is 6.00. The first-order valence-electron chi connectivity index (χ1n) is 9.79. The van der Waals surface area contributed by atoms with Crippen molar-refractivity contribution in [3.05, 3.63) is 105 Å². The lowest BCUT2D eigenvalue weighted by atomic mass is 10.0. The average Bonchev–Trinajstić information content (AvgIpc) is 2.98. The molecule has 0 saturated heterocycles. The van der Waals surface area contributed by atoms with E-state index in [9.17, 15) is 9.59 Å². The maximum Gasteiger partial charge on any atom is 0.278 e. The van der Waals surface area contributed by atoms with Crippen LogP contribution in [0.2, 0.25) is 10.0 Å². The van der Waals surface area contributed by atoms with Crippen molar-refractivity contribution >= 4 is 46.3 Å². The fourth-order valence-corrected chi connectivity index (χ4v) is 3.77. The molecule has 4 rings (SSSR count). The molecule has 0 spiro atoms. The molecule has 0 fully saturated rings. The topological polar surface area (TPSA) is 49.4 Å². The second-order valence-corrected chi connectivity index (χ2v) is 8.32. The van der Waals surface area contributed by atoms with Crippen molar-refractivity contribution in [2.75, 3.05) is 5.32 Å². The summed E-state index contributed by atoms with van der Waals surface area (Å²) in [6.45, 7) is 4.04. The van der Waals surface area contributed by atoms with Crippen LogP contribution in [0.3, 0.4) is 0 Å². The van der Waals surface area contributed by atoms with Gasteiger partial charge >= 0.3 is 0 Å². The Morgan fingerprint density at radius 1 is 0.839 bits per heavy atom. The minimum Gasteiger partial charge on any atom is -0.350 e. The minimum absolute atomic E-state index is 0.189. The number of carbonyl (C=O) groups excluding carboxylic acids is 2. The summed E-state index contributed by atoms with van der Waals surface area (Å²) in [5.41, 5.74) is 4.62. The number of halogens is 2. The molecule has 1 aliphatic rings. The van der Waals surface area contributed by atoms with Gasteiger partial charge in [0.2, 0.25) is 0 Å². The number of carbonyl (C=O) groups is 2. The molecule has 1 aliphatic heterocycles. The summed E-state index contributed by atoms with van der Waals surface area (Å²) in [6.07, 6.45) is 0. The molecule has 0 atom stereocenters. The first-order chi connectivity index (χ1) is 14.8. The first-order valence-corrected chi connectivity index (χ1v) is 10.5. The predicted molar refractivity (Wildman–Crippen MR) is 125 cm³/mol. The Hall–Kier alpha value is -3.08. The van der Waals surface area contributed by atoms with Gasteiger partial charge in [-0.05, 0) is 54.8 Å². The van der Waals surface area contributed by atoms with Crippen LogP contribution in [-0.4, -0.2) is 16.7 Å². The number of hydrogen-bond acceptors (Lipinski definition) is 3. The maximum atomic E-state index is 13.4. The Bertz CT molecular complexity index is 1200. The van der Waals surface area contributed by atoms with Crippen molar-refractivity contribution in [1.82, 2.24) is 4.90 Å². The molecule has 2 amide bonds. The summed E-state index contributed by atoms with van der Waals surface area (Å²) < 4.78 is 0. The van der Waals surface area contributed by atoms with Gasteiger partial charge in [-0.15, -0.1) is 0 Å². The third-order valence-corrected chi connectivity index (χ3v) is 5.95. The smallest absolute Gasteiger partial charge is 0.278 e. The Morgan fingerprint density at radius 3 is 2.19 bits per heavy atom. The highest BCUT2D eigenvalue weighted by Crippen LogP contribution is 2.33. The van der Waals surface area contributed by atoms with Crippen LogP contribution in [0.4, 0.5) is 5.69 Å². The number of aryl methyl sites for hydroxylation is 1. The molecule has 0 unspecified atom stereocenters. The molecule has 1 N–H and O–H groups in total. The van der Waals surface area contributed by atoms with Gasteiger partial charge in [0.05, 0.1) is 12.1 Å². The summed E-state index contributed by atoms with van der Waals surface area (Å²) in [4.78, 5) is 28.0. The van der Waals surface area contributed by atoms with Gasteiger partial charge in [-0.1, -0.05) is 71.2 Å². The molecule has 31 heavy (non-hydrogen) atoms. The number of anilines is 1. The van der Waals surface area contributed by atoms with Crippen LogP contribution >= 0.6 is 23.2 Å². The van der Waals surface area contributed by atoms with Crippen molar-refractivity contribution in [3.8, 4) is 0 Å². The van der Waals surface area contributed by atoms with E-state index in [0.717, 1.165) is 16.7 Å². The van der Waals surface area contributed by atoms with Crippen molar-refractivity contribution in [1.29, 1.82) is 0 Å². The highest BCUT2D eigenvalue weighted by molar-refractivity contribution is 6.37. The summed E-state index contributed by atoms with van der Waals surface area (Å²) in [5.74, 6) is -0.732. The van der Waals surface area contributed by atoms with Crippen molar-refractivity contribution in [2.24, 2.45) is 0 Å². The quantitative estimate of drug-likeness (QED) is 0.484. The van der Waals surface area contributed by atoms with Crippen LogP contribution in [0.1, 0.15) is 22.3 Å². The number of nitrogens with zero attached hydrogens (tertiary/aromatic N) is 1. The molecule has 6 heteroatoms. The van der Waals surface area contributed by atoms with Crippen molar-refractivity contribution < 1.29 is 9.59 Å². The standard InChI is InChI=1S/C25H20Cl2N2O2/c1-15-6-8-17(9-7-15)14-29-24(30)22(18-10-12-19(26)13-11-18)23(25(29)31)28-21-5-3-4-20(27)16(21)2/h3-13,28H,14H2,1-2H3. The van der Waals surface area contributed by atoms with Gasteiger partial charge in [0.15, 0.2) is 0 Å². The second kappa shape index (κ2) is 8.58. The van der Waals surface area contributed by atoms with E-state index in [1.54, 1.807) is 36.4 Å². The zero-order valence-electron chi connectivity index (χ0n) is 17.1. The van der Waals surface area contributed by atoms with E-state index in [-0.39, 0.29) is 24.1 Å². The van der Waals surface area contributed by atoms with Gasteiger partial charge in [-0.25, -0.2) is 0 Å². The molecule has 0 saturated carbocycles. The molecule has 0 radical (unpaired) electrons. The molecule has 0 bridgehead atoms. The highest BCUT2D eigenvalue weighted by atomic mass is 35.5. The molecule has 4 nitrogen and oxygen atoms in total. The summed E-state index contributed by atoms with van der Waals surface area (Å²) in [7, 11) is 0. The number of benzene rings is 3. The zero-order chi connectivity index (χ0) is 22.1. The number of hydrogen-bond donors (Lipinski definition) is 1. The van der Waals surface area contributed by atoms with Crippen LogP contribution in [0.25, 0.3) is 5.57 Å². The number of amides is 2. The second-order valence-electron chi connectivity index (χ2n) is 7.48. The largest absolute Gasteiger partial charge is 0.350 e. The molecule has 1 heterocycles. The molecule has 0 aromatic heterocycles. The van der Waals surface area contributed by atoms with E-state index in [0.29, 0.717) is 26.9 Å². The molecule has 3 aromatic carbocycles. The van der Waals surface area contributed by atoms with E-state index in [2.05, 4.69) is 5.32 Å². The van der Waals surface area contributed by atoms with Gasteiger partial charge in [0.1, 0.15) is 5.70 Å². The number of rotatable bonds is 5. The van der Waals surface area contributed by atoms with Crippen molar-refractivity contribution in [3.63, 3.8) is 0 Å². The average molecular weight is 451 g/mol. The molecule has 0 aliphatic carbocycles. The Kier molecular flexibility index (Phi) is 5.86. The lowest BCUT2D eigenvalue weighted by Gasteiger charge is -2.16. The van der Waals surface area contributed by atoms with Gasteiger partial charge in [0, 0.05) is 15.7 Å². The van der Waals surface area contributed by atoms with Crippen LogP contribution < -0.4 is 5.32 Å². The summed E-state index contributed by atoms with van der Waals surface area (Å²) in [5, 5.41) is 4.30. The molecule has 156 valence electrons. The minimum atomic E-state index is -0.380. The van der Waals surface area contributed by atoms with E-state index in [4.69, 9.17) is 23.2 Å².